The molecule has 5 heteroatoms. The number of aromatic nitrogens is 2. The molecule has 3 rings (SSSR count). The summed E-state index contributed by atoms with van der Waals surface area (Å²) in [5.74, 6) is 0.955. The molecule has 2 aromatic rings. The van der Waals surface area contributed by atoms with Crippen molar-refractivity contribution in [1.82, 2.24) is 15.3 Å². The fraction of sp³-hybridized carbons (Fsp3) is 0.429. The lowest BCUT2D eigenvalue weighted by Gasteiger charge is -2.19. The highest BCUT2D eigenvalue weighted by atomic mass is 35.5. The summed E-state index contributed by atoms with van der Waals surface area (Å²) < 4.78 is 0. The molecule has 0 radical (unpaired) electrons. The SMILES string of the molecule is CCN[C@H]1CCN(c2nc(Cl)nc3ccccc23)C1. The van der Waals surface area contributed by atoms with Gasteiger partial charge in [0, 0.05) is 24.5 Å². The molecule has 0 amide bonds. The van der Waals surface area contributed by atoms with Crippen molar-refractivity contribution in [3.63, 3.8) is 0 Å². The van der Waals surface area contributed by atoms with Gasteiger partial charge in [0.25, 0.3) is 0 Å². The van der Waals surface area contributed by atoms with Gasteiger partial charge in [-0.1, -0.05) is 19.1 Å². The summed E-state index contributed by atoms with van der Waals surface area (Å²) in [6, 6.07) is 8.56. The van der Waals surface area contributed by atoms with Crippen LogP contribution >= 0.6 is 11.6 Å². The number of nitrogens with one attached hydrogen (secondary N) is 1. The Labute approximate surface area is 117 Å². The summed E-state index contributed by atoms with van der Waals surface area (Å²) in [6.07, 6.45) is 1.14. The Kier molecular flexibility index (Phi) is 3.53. The standard InChI is InChI=1S/C14H17ClN4/c1-2-16-10-7-8-19(9-10)13-11-5-3-4-6-12(11)17-14(15)18-13/h3-6,10,16H,2,7-9H2,1H3/t10-/m0/s1. The molecule has 1 aromatic heterocycles. The first kappa shape index (κ1) is 12.6. The van der Waals surface area contributed by atoms with Crippen LogP contribution in [0.3, 0.4) is 0 Å². The highest BCUT2D eigenvalue weighted by Gasteiger charge is 2.24. The number of halogens is 1. The number of anilines is 1. The second kappa shape index (κ2) is 5.31. The lowest BCUT2D eigenvalue weighted by atomic mass is 10.2. The summed E-state index contributed by atoms with van der Waals surface area (Å²) >= 11 is 6.04. The molecule has 100 valence electrons. The summed E-state index contributed by atoms with van der Waals surface area (Å²) in [4.78, 5) is 11.0. The molecule has 1 aromatic carbocycles. The second-order valence-corrected chi connectivity index (χ2v) is 5.16. The third-order valence-electron chi connectivity index (χ3n) is 3.54. The van der Waals surface area contributed by atoms with Gasteiger partial charge < -0.3 is 10.2 Å². The van der Waals surface area contributed by atoms with Crippen molar-refractivity contribution < 1.29 is 0 Å². The first-order chi connectivity index (χ1) is 9.28. The molecule has 1 saturated heterocycles. The van der Waals surface area contributed by atoms with Crippen LogP contribution in [0, 0.1) is 0 Å². The fourth-order valence-corrected chi connectivity index (χ4v) is 2.85. The Morgan fingerprint density at radius 2 is 2.21 bits per heavy atom. The van der Waals surface area contributed by atoms with Gasteiger partial charge in [0.2, 0.25) is 5.28 Å². The van der Waals surface area contributed by atoms with Crippen molar-refractivity contribution in [3.05, 3.63) is 29.5 Å². The predicted molar refractivity (Wildman–Crippen MR) is 78.8 cm³/mol. The smallest absolute Gasteiger partial charge is 0.224 e. The molecule has 0 unspecified atom stereocenters. The summed E-state index contributed by atoms with van der Waals surface area (Å²) in [5, 5.41) is 4.88. The van der Waals surface area contributed by atoms with Crippen LogP contribution in [0.15, 0.2) is 24.3 Å². The van der Waals surface area contributed by atoms with Gasteiger partial charge in [-0.05, 0) is 36.7 Å². The number of benzene rings is 1. The largest absolute Gasteiger partial charge is 0.354 e. The van der Waals surface area contributed by atoms with Crippen molar-refractivity contribution in [1.29, 1.82) is 0 Å². The van der Waals surface area contributed by atoms with Gasteiger partial charge >= 0.3 is 0 Å². The first-order valence-corrected chi connectivity index (χ1v) is 7.06. The minimum atomic E-state index is 0.320. The average Bonchev–Trinajstić information content (AvgIpc) is 2.86. The zero-order valence-electron chi connectivity index (χ0n) is 10.9. The molecular weight excluding hydrogens is 260 g/mol. The van der Waals surface area contributed by atoms with Gasteiger partial charge in [-0.2, -0.15) is 4.98 Å². The predicted octanol–water partition coefficient (Wildman–Crippen LogP) is 2.47. The van der Waals surface area contributed by atoms with E-state index in [1.165, 1.54) is 0 Å². The van der Waals surface area contributed by atoms with E-state index in [0.29, 0.717) is 11.3 Å². The lowest BCUT2D eigenvalue weighted by Crippen LogP contribution is -2.32. The number of likely N-dealkylation sites (N-methyl/N-ethyl adjacent to an activating group) is 1. The molecule has 0 bridgehead atoms. The maximum absolute atomic E-state index is 6.04. The van der Waals surface area contributed by atoms with Crippen LogP contribution in [0.1, 0.15) is 13.3 Å². The van der Waals surface area contributed by atoms with Gasteiger partial charge in [0.15, 0.2) is 0 Å². The van der Waals surface area contributed by atoms with E-state index in [-0.39, 0.29) is 0 Å². The number of rotatable bonds is 3. The summed E-state index contributed by atoms with van der Waals surface area (Å²) in [6.45, 7) is 5.13. The Morgan fingerprint density at radius 3 is 3.05 bits per heavy atom. The van der Waals surface area contributed by atoms with Crippen LogP contribution in [0.5, 0.6) is 0 Å². The monoisotopic (exact) mass is 276 g/mol. The maximum atomic E-state index is 6.04. The maximum Gasteiger partial charge on any atom is 0.224 e. The van der Waals surface area contributed by atoms with Gasteiger partial charge in [-0.3, -0.25) is 0 Å². The summed E-state index contributed by atoms with van der Waals surface area (Å²) in [5.41, 5.74) is 0.907. The molecule has 0 spiro atoms. The van der Waals surface area contributed by atoms with E-state index < -0.39 is 0 Å². The van der Waals surface area contributed by atoms with Gasteiger partial charge in [-0.15, -0.1) is 0 Å². The Morgan fingerprint density at radius 1 is 1.37 bits per heavy atom. The third kappa shape index (κ3) is 2.51. The van der Waals surface area contributed by atoms with Gasteiger partial charge in [-0.25, -0.2) is 4.98 Å². The number of hydrogen-bond donors (Lipinski definition) is 1. The Balaban J connectivity index is 1.96. The minimum Gasteiger partial charge on any atom is -0.354 e. The quantitative estimate of drug-likeness (QED) is 0.875. The second-order valence-electron chi connectivity index (χ2n) is 4.82. The van der Waals surface area contributed by atoms with Crippen LogP contribution in [-0.2, 0) is 0 Å². The minimum absolute atomic E-state index is 0.320. The highest BCUT2D eigenvalue weighted by molar-refractivity contribution is 6.28. The van der Waals surface area contributed by atoms with Crippen molar-refractivity contribution in [3.8, 4) is 0 Å². The molecule has 1 atom stereocenters. The zero-order valence-corrected chi connectivity index (χ0v) is 11.7. The van der Waals surface area contributed by atoms with Crippen molar-refractivity contribution in [2.45, 2.75) is 19.4 Å². The van der Waals surface area contributed by atoms with Crippen molar-refractivity contribution in [2.75, 3.05) is 24.5 Å². The summed E-state index contributed by atoms with van der Waals surface area (Å²) in [7, 11) is 0. The van der Waals surface area contributed by atoms with Crippen molar-refractivity contribution in [2.24, 2.45) is 0 Å². The molecule has 0 aliphatic carbocycles. The first-order valence-electron chi connectivity index (χ1n) is 6.68. The number of para-hydroxylation sites is 1. The van der Waals surface area contributed by atoms with Gasteiger partial charge in [0.05, 0.1) is 5.52 Å². The molecule has 1 fully saturated rings. The topological polar surface area (TPSA) is 41.0 Å². The molecule has 19 heavy (non-hydrogen) atoms. The normalized spacial score (nSPS) is 19.3. The van der Waals surface area contributed by atoms with E-state index in [4.69, 9.17) is 11.6 Å². The molecule has 1 N–H and O–H groups in total. The molecule has 0 saturated carbocycles. The number of fused-ring (bicyclic) bond motifs is 1. The van der Waals surface area contributed by atoms with E-state index in [1.807, 2.05) is 18.2 Å². The van der Waals surface area contributed by atoms with E-state index in [2.05, 4.69) is 33.2 Å². The molecule has 1 aliphatic heterocycles. The van der Waals surface area contributed by atoms with E-state index in [1.54, 1.807) is 0 Å². The zero-order chi connectivity index (χ0) is 13.2. The van der Waals surface area contributed by atoms with E-state index >= 15 is 0 Å². The molecule has 4 nitrogen and oxygen atoms in total. The lowest BCUT2D eigenvalue weighted by molar-refractivity contribution is 0.571. The Hall–Kier alpha value is -1.39. The number of nitrogens with zero attached hydrogens (tertiary/aromatic N) is 3. The van der Waals surface area contributed by atoms with Crippen LogP contribution < -0.4 is 10.2 Å². The van der Waals surface area contributed by atoms with Crippen LogP contribution in [0.4, 0.5) is 5.82 Å². The third-order valence-corrected chi connectivity index (χ3v) is 3.71. The molecular formula is C14H17ClN4. The van der Waals surface area contributed by atoms with E-state index in [9.17, 15) is 0 Å². The van der Waals surface area contributed by atoms with Crippen LogP contribution in [0.2, 0.25) is 5.28 Å². The van der Waals surface area contributed by atoms with Gasteiger partial charge in [0.1, 0.15) is 5.82 Å². The van der Waals surface area contributed by atoms with Crippen molar-refractivity contribution >= 4 is 28.3 Å². The molecule has 1 aliphatic rings. The Bertz CT molecular complexity index is 587. The van der Waals surface area contributed by atoms with Crippen LogP contribution in [-0.4, -0.2) is 35.6 Å². The fourth-order valence-electron chi connectivity index (χ4n) is 2.68. The molecule has 2 heterocycles. The number of hydrogen-bond acceptors (Lipinski definition) is 4. The average molecular weight is 277 g/mol. The highest BCUT2D eigenvalue weighted by Crippen LogP contribution is 2.27. The van der Waals surface area contributed by atoms with Crippen LogP contribution in [0.25, 0.3) is 10.9 Å². The van der Waals surface area contributed by atoms with E-state index in [0.717, 1.165) is 42.8 Å².